The molecule has 1 rings (SSSR count). The SMILES string of the molecule is O=C1C(Cl)=C(Cl)C(=O)C(S(=O)(=O)O)=C1Cl. The molecule has 0 saturated carbocycles. The van der Waals surface area contributed by atoms with Gasteiger partial charge in [-0.15, -0.1) is 0 Å². The van der Waals surface area contributed by atoms with Crippen LogP contribution >= 0.6 is 34.8 Å². The van der Waals surface area contributed by atoms with Gasteiger partial charge in [-0.1, -0.05) is 34.8 Å². The lowest BCUT2D eigenvalue weighted by Gasteiger charge is -2.11. The van der Waals surface area contributed by atoms with Crippen LogP contribution in [0.5, 0.6) is 0 Å². The van der Waals surface area contributed by atoms with Gasteiger partial charge in [0.25, 0.3) is 10.1 Å². The first-order valence-electron chi connectivity index (χ1n) is 3.20. The minimum Gasteiger partial charge on any atom is -0.287 e. The molecule has 1 aliphatic rings. The summed E-state index contributed by atoms with van der Waals surface area (Å²) in [6.45, 7) is 0. The van der Waals surface area contributed by atoms with Gasteiger partial charge in [0.05, 0.1) is 0 Å². The number of hydrogen-bond acceptors (Lipinski definition) is 4. The summed E-state index contributed by atoms with van der Waals surface area (Å²) < 4.78 is 30.1. The highest BCUT2D eigenvalue weighted by Crippen LogP contribution is 2.33. The number of ketones is 2. The van der Waals surface area contributed by atoms with E-state index in [0.717, 1.165) is 0 Å². The maximum atomic E-state index is 11.2. The number of carbonyl (C=O) groups excluding carboxylic acids is 2. The van der Waals surface area contributed by atoms with Crippen LogP contribution < -0.4 is 0 Å². The van der Waals surface area contributed by atoms with Gasteiger partial charge in [0.1, 0.15) is 15.1 Å². The first kappa shape index (κ1) is 12.7. The predicted molar refractivity (Wildman–Crippen MR) is 53.2 cm³/mol. The largest absolute Gasteiger partial charge is 0.300 e. The summed E-state index contributed by atoms with van der Waals surface area (Å²) in [5.41, 5.74) is 0. The number of halogens is 3. The molecule has 0 spiro atoms. The molecule has 0 aromatic rings. The Hall–Kier alpha value is -0.400. The molecule has 0 amide bonds. The van der Waals surface area contributed by atoms with E-state index in [9.17, 15) is 18.0 Å². The van der Waals surface area contributed by atoms with Crippen LogP contribution in [0.1, 0.15) is 0 Å². The molecule has 0 unspecified atom stereocenters. The molecule has 0 aromatic heterocycles. The minimum atomic E-state index is -4.91. The molecule has 1 aliphatic carbocycles. The summed E-state index contributed by atoms with van der Waals surface area (Å²) in [5.74, 6) is -2.44. The second-order valence-corrected chi connectivity index (χ2v) is 4.90. The van der Waals surface area contributed by atoms with Crippen LogP contribution in [-0.2, 0) is 19.7 Å². The first-order valence-corrected chi connectivity index (χ1v) is 5.77. The smallest absolute Gasteiger partial charge is 0.287 e. The minimum absolute atomic E-state index is 0.681. The third-order valence-corrected chi connectivity index (χ3v) is 3.65. The summed E-state index contributed by atoms with van der Waals surface area (Å²) in [6, 6.07) is 0. The molecule has 15 heavy (non-hydrogen) atoms. The Kier molecular flexibility index (Phi) is 3.27. The van der Waals surface area contributed by atoms with Gasteiger partial charge in [0, 0.05) is 0 Å². The van der Waals surface area contributed by atoms with Crippen molar-refractivity contribution in [3.8, 4) is 0 Å². The maximum absolute atomic E-state index is 11.2. The Morgan fingerprint density at radius 2 is 1.27 bits per heavy atom. The number of hydrogen-bond donors (Lipinski definition) is 1. The Labute approximate surface area is 99.0 Å². The van der Waals surface area contributed by atoms with E-state index in [0.29, 0.717) is 0 Å². The normalized spacial score (nSPS) is 18.9. The molecule has 0 saturated heterocycles. The Bertz CT molecular complexity index is 527. The van der Waals surface area contributed by atoms with Crippen LogP contribution in [0.15, 0.2) is 20.0 Å². The molecule has 5 nitrogen and oxygen atoms in total. The van der Waals surface area contributed by atoms with Crippen LogP contribution in [-0.4, -0.2) is 24.5 Å². The van der Waals surface area contributed by atoms with E-state index in [4.69, 9.17) is 39.4 Å². The molecule has 0 fully saturated rings. The average molecular weight is 291 g/mol. The zero-order valence-electron chi connectivity index (χ0n) is 6.62. The Balaban J connectivity index is 3.57. The second kappa shape index (κ2) is 3.88. The third-order valence-electron chi connectivity index (χ3n) is 1.45. The van der Waals surface area contributed by atoms with Crippen molar-refractivity contribution in [1.82, 2.24) is 0 Å². The monoisotopic (exact) mass is 290 g/mol. The molecule has 9 heteroatoms. The summed E-state index contributed by atoms with van der Waals surface area (Å²) in [4.78, 5) is 21.1. The highest BCUT2D eigenvalue weighted by Gasteiger charge is 2.38. The molecule has 0 atom stereocenters. The average Bonchev–Trinajstić information content (AvgIpc) is 2.09. The molecular weight excluding hydrogens is 290 g/mol. The summed E-state index contributed by atoms with van der Waals surface area (Å²) >= 11 is 15.9. The molecule has 0 bridgehead atoms. The maximum Gasteiger partial charge on any atom is 0.300 e. The number of allylic oxidation sites excluding steroid dienone is 4. The van der Waals surface area contributed by atoms with Crippen LogP contribution in [0.2, 0.25) is 0 Å². The van der Waals surface area contributed by atoms with Crippen molar-refractivity contribution < 1.29 is 22.6 Å². The number of rotatable bonds is 1. The van der Waals surface area contributed by atoms with Gasteiger partial charge in [-0.2, -0.15) is 8.42 Å². The van der Waals surface area contributed by atoms with E-state index in [-0.39, 0.29) is 0 Å². The summed E-state index contributed by atoms with van der Waals surface area (Å²) in [5, 5.41) is -2.45. The van der Waals surface area contributed by atoms with E-state index in [1.807, 2.05) is 0 Å². The highest BCUT2D eigenvalue weighted by molar-refractivity contribution is 7.91. The van der Waals surface area contributed by atoms with Gasteiger partial charge < -0.3 is 0 Å². The van der Waals surface area contributed by atoms with E-state index < -0.39 is 41.7 Å². The highest BCUT2D eigenvalue weighted by atomic mass is 35.5. The van der Waals surface area contributed by atoms with Crippen LogP contribution in [0, 0.1) is 0 Å². The molecule has 82 valence electrons. The fourth-order valence-electron chi connectivity index (χ4n) is 0.829. The van der Waals surface area contributed by atoms with Crippen LogP contribution in [0.3, 0.4) is 0 Å². The quantitative estimate of drug-likeness (QED) is 0.578. The van der Waals surface area contributed by atoms with Crippen molar-refractivity contribution in [2.75, 3.05) is 0 Å². The van der Waals surface area contributed by atoms with Gasteiger partial charge in [0.2, 0.25) is 11.6 Å². The van der Waals surface area contributed by atoms with Gasteiger partial charge in [-0.25, -0.2) is 0 Å². The molecule has 0 aromatic carbocycles. The Morgan fingerprint density at radius 1 is 0.867 bits per heavy atom. The molecular formula is C6HCl3O5S. The molecule has 0 radical (unpaired) electrons. The van der Waals surface area contributed by atoms with E-state index in [1.165, 1.54) is 0 Å². The van der Waals surface area contributed by atoms with Crippen molar-refractivity contribution in [3.63, 3.8) is 0 Å². The molecule has 1 N–H and O–H groups in total. The lowest BCUT2D eigenvalue weighted by molar-refractivity contribution is -0.114. The first-order chi connectivity index (χ1) is 6.68. The number of carbonyl (C=O) groups is 2. The van der Waals surface area contributed by atoms with Crippen molar-refractivity contribution in [3.05, 3.63) is 20.0 Å². The predicted octanol–water partition coefficient (Wildman–Crippen LogP) is 1.17. The lowest BCUT2D eigenvalue weighted by Crippen LogP contribution is -2.23. The van der Waals surface area contributed by atoms with Crippen LogP contribution in [0.4, 0.5) is 0 Å². The lowest BCUT2D eigenvalue weighted by atomic mass is 10.1. The zero-order chi connectivity index (χ0) is 12.0. The second-order valence-electron chi connectivity index (χ2n) is 2.40. The topological polar surface area (TPSA) is 88.5 Å². The van der Waals surface area contributed by atoms with E-state index in [2.05, 4.69) is 0 Å². The van der Waals surface area contributed by atoms with Crippen molar-refractivity contribution in [2.45, 2.75) is 0 Å². The molecule has 0 heterocycles. The number of Topliss-reactive ketones (excluding diaryl/α,β-unsaturated/α-hetero) is 2. The van der Waals surface area contributed by atoms with Gasteiger partial charge in [-0.3, -0.25) is 14.1 Å². The zero-order valence-corrected chi connectivity index (χ0v) is 9.71. The fraction of sp³-hybridized carbons (Fsp3) is 0. The van der Waals surface area contributed by atoms with E-state index in [1.54, 1.807) is 0 Å². The Morgan fingerprint density at radius 3 is 1.67 bits per heavy atom. The van der Waals surface area contributed by atoms with Gasteiger partial charge >= 0.3 is 0 Å². The van der Waals surface area contributed by atoms with Crippen LogP contribution in [0.25, 0.3) is 0 Å². The third kappa shape index (κ3) is 2.09. The van der Waals surface area contributed by atoms with E-state index >= 15 is 0 Å². The van der Waals surface area contributed by atoms with Crippen molar-refractivity contribution in [1.29, 1.82) is 0 Å². The standard InChI is InChI=1S/C6HCl3O5S/c7-1-2(8)5(11)6(15(12,13)14)3(9)4(1)10/h(H,12,13,14). The van der Waals surface area contributed by atoms with Gasteiger partial charge in [0.15, 0.2) is 4.91 Å². The summed E-state index contributed by atoms with van der Waals surface area (Å²) in [7, 11) is -4.91. The summed E-state index contributed by atoms with van der Waals surface area (Å²) in [6.07, 6.45) is 0. The van der Waals surface area contributed by atoms with Crippen molar-refractivity contribution in [2.24, 2.45) is 0 Å². The fourth-order valence-corrected chi connectivity index (χ4v) is 2.42. The molecule has 0 aliphatic heterocycles. The van der Waals surface area contributed by atoms with Crippen molar-refractivity contribution >= 4 is 56.5 Å². The van der Waals surface area contributed by atoms with Gasteiger partial charge in [-0.05, 0) is 0 Å².